The first kappa shape index (κ1) is 14.4. The van der Waals surface area contributed by atoms with Crippen molar-refractivity contribution in [1.82, 2.24) is 5.32 Å². The van der Waals surface area contributed by atoms with E-state index < -0.39 is 12.2 Å². The van der Waals surface area contributed by atoms with Gasteiger partial charge in [-0.05, 0) is 35.7 Å². The molecule has 3 rings (SSSR count). The summed E-state index contributed by atoms with van der Waals surface area (Å²) in [6, 6.07) is 9.79. The maximum atomic E-state index is 12.0. The van der Waals surface area contributed by atoms with E-state index in [1.165, 1.54) is 23.5 Å². The topological polar surface area (TPSA) is 78.9 Å². The van der Waals surface area contributed by atoms with Crippen LogP contribution in [0.4, 0.5) is 9.80 Å². The fraction of sp³-hybridized carbons (Fsp3) is 0.200. The van der Waals surface area contributed by atoms with Crippen molar-refractivity contribution in [3.63, 3.8) is 0 Å². The van der Waals surface area contributed by atoms with Crippen LogP contribution in [-0.2, 0) is 4.74 Å². The smallest absolute Gasteiger partial charge is 0.415 e. The highest BCUT2D eigenvalue weighted by atomic mass is 32.1. The summed E-state index contributed by atoms with van der Waals surface area (Å²) in [6.45, 7) is 0.627. The largest absolute Gasteiger partial charge is 0.508 e. The Morgan fingerprint density at radius 2 is 2.27 bits per heavy atom. The number of ether oxygens (including phenoxy) is 1. The molecule has 1 aliphatic rings. The van der Waals surface area contributed by atoms with Gasteiger partial charge in [0.2, 0.25) is 0 Å². The summed E-state index contributed by atoms with van der Waals surface area (Å²) in [5.41, 5.74) is 0.361. The van der Waals surface area contributed by atoms with Crippen LogP contribution in [0.2, 0.25) is 0 Å². The molecule has 0 aliphatic carbocycles. The van der Waals surface area contributed by atoms with E-state index in [0.29, 0.717) is 12.1 Å². The summed E-state index contributed by atoms with van der Waals surface area (Å²) in [4.78, 5) is 25.3. The molecule has 2 N–H and O–H groups in total. The lowest BCUT2D eigenvalue weighted by Gasteiger charge is -2.11. The number of hydrogen-bond acceptors (Lipinski definition) is 5. The summed E-state index contributed by atoms with van der Waals surface area (Å²) in [5.74, 6) is -0.287. The minimum atomic E-state index is -0.404. The van der Waals surface area contributed by atoms with Crippen LogP contribution in [0.25, 0.3) is 0 Å². The Balaban J connectivity index is 1.56. The number of carbonyl (C=O) groups excluding carboxylic acids is 2. The van der Waals surface area contributed by atoms with Gasteiger partial charge in [-0.25, -0.2) is 4.79 Å². The summed E-state index contributed by atoms with van der Waals surface area (Å²) < 4.78 is 5.24. The van der Waals surface area contributed by atoms with Crippen LogP contribution in [0.5, 0.6) is 5.75 Å². The molecule has 1 fully saturated rings. The van der Waals surface area contributed by atoms with Crippen LogP contribution < -0.4 is 10.2 Å². The normalized spacial score (nSPS) is 17.4. The van der Waals surface area contributed by atoms with Crippen molar-refractivity contribution in [3.05, 3.63) is 47.3 Å². The van der Waals surface area contributed by atoms with Gasteiger partial charge in [0, 0.05) is 5.56 Å². The molecule has 1 aromatic carbocycles. The lowest BCUT2D eigenvalue weighted by atomic mass is 10.2. The van der Waals surface area contributed by atoms with Gasteiger partial charge < -0.3 is 15.2 Å². The van der Waals surface area contributed by atoms with Crippen molar-refractivity contribution in [2.24, 2.45) is 0 Å². The number of nitrogens with one attached hydrogen (secondary N) is 1. The van der Waals surface area contributed by atoms with Gasteiger partial charge in [0.25, 0.3) is 5.91 Å². The number of hydrogen-bond donors (Lipinski definition) is 2. The number of cyclic esters (lactones) is 1. The number of benzene rings is 1. The van der Waals surface area contributed by atoms with E-state index in [2.05, 4.69) is 5.32 Å². The summed E-state index contributed by atoms with van der Waals surface area (Å²) in [7, 11) is 0. The Morgan fingerprint density at radius 3 is 3.00 bits per heavy atom. The van der Waals surface area contributed by atoms with Gasteiger partial charge in [0.15, 0.2) is 0 Å². The standard InChI is InChI=1S/C15H14N2O4S/c18-11-4-1-3-10(7-11)14(19)16-8-12-9-17(15(20)21-12)13-5-2-6-22-13/h1-7,12,18H,8-9H2,(H,16,19). The van der Waals surface area contributed by atoms with Crippen molar-refractivity contribution in [1.29, 1.82) is 0 Å². The minimum Gasteiger partial charge on any atom is -0.508 e. The van der Waals surface area contributed by atoms with Gasteiger partial charge >= 0.3 is 6.09 Å². The van der Waals surface area contributed by atoms with E-state index in [1.807, 2.05) is 17.5 Å². The van der Waals surface area contributed by atoms with Crippen LogP contribution in [0.1, 0.15) is 10.4 Å². The van der Waals surface area contributed by atoms with E-state index in [-0.39, 0.29) is 18.2 Å². The first-order valence-electron chi connectivity index (χ1n) is 6.72. The SMILES string of the molecule is O=C(NCC1CN(c2cccs2)C(=O)O1)c1cccc(O)c1. The minimum absolute atomic E-state index is 0.0313. The van der Waals surface area contributed by atoms with Crippen molar-refractivity contribution in [2.45, 2.75) is 6.10 Å². The summed E-state index contributed by atoms with van der Waals surface area (Å²) >= 11 is 1.46. The zero-order chi connectivity index (χ0) is 15.5. The Hall–Kier alpha value is -2.54. The molecular weight excluding hydrogens is 304 g/mol. The third-order valence-electron chi connectivity index (χ3n) is 3.24. The van der Waals surface area contributed by atoms with Crippen LogP contribution in [0.15, 0.2) is 41.8 Å². The van der Waals surface area contributed by atoms with Crippen LogP contribution in [0, 0.1) is 0 Å². The highest BCUT2D eigenvalue weighted by molar-refractivity contribution is 7.14. The maximum absolute atomic E-state index is 12.0. The molecule has 1 aromatic heterocycles. The van der Waals surface area contributed by atoms with Gasteiger partial charge in [-0.1, -0.05) is 6.07 Å². The Morgan fingerprint density at radius 1 is 1.41 bits per heavy atom. The predicted molar refractivity (Wildman–Crippen MR) is 82.4 cm³/mol. The fourth-order valence-corrected chi connectivity index (χ4v) is 2.92. The second-order valence-corrected chi connectivity index (χ2v) is 5.75. The third kappa shape index (κ3) is 3.04. The molecule has 1 unspecified atom stereocenters. The van der Waals surface area contributed by atoms with Crippen LogP contribution in [0.3, 0.4) is 0 Å². The Bertz CT molecular complexity index is 687. The molecule has 22 heavy (non-hydrogen) atoms. The molecule has 2 amide bonds. The van der Waals surface area contributed by atoms with Crippen LogP contribution in [-0.4, -0.2) is 36.3 Å². The molecule has 1 aliphatic heterocycles. The quantitative estimate of drug-likeness (QED) is 0.906. The van der Waals surface area contributed by atoms with Crippen molar-refractivity contribution in [2.75, 3.05) is 18.0 Å². The molecule has 0 radical (unpaired) electrons. The van der Waals surface area contributed by atoms with Crippen LogP contribution >= 0.6 is 11.3 Å². The highest BCUT2D eigenvalue weighted by Gasteiger charge is 2.32. The molecule has 0 bridgehead atoms. The highest BCUT2D eigenvalue weighted by Crippen LogP contribution is 2.26. The number of phenols is 1. The predicted octanol–water partition coefficient (Wildman–Crippen LogP) is 2.21. The van der Waals surface area contributed by atoms with Gasteiger partial charge in [-0.2, -0.15) is 0 Å². The molecule has 2 heterocycles. The third-order valence-corrected chi connectivity index (χ3v) is 4.14. The summed E-state index contributed by atoms with van der Waals surface area (Å²) in [6.07, 6.45) is -0.796. The van der Waals surface area contributed by atoms with E-state index in [4.69, 9.17) is 4.74 Å². The van der Waals surface area contributed by atoms with Gasteiger partial charge in [-0.3, -0.25) is 9.69 Å². The van der Waals surface area contributed by atoms with Gasteiger partial charge in [-0.15, -0.1) is 11.3 Å². The number of amides is 2. The van der Waals surface area contributed by atoms with Crippen molar-refractivity contribution in [3.8, 4) is 5.75 Å². The zero-order valence-electron chi connectivity index (χ0n) is 11.6. The molecule has 6 nitrogen and oxygen atoms in total. The second-order valence-electron chi connectivity index (χ2n) is 4.83. The van der Waals surface area contributed by atoms with Gasteiger partial charge in [0.1, 0.15) is 16.9 Å². The first-order valence-corrected chi connectivity index (χ1v) is 7.60. The molecule has 1 atom stereocenters. The van der Waals surface area contributed by atoms with Crippen molar-refractivity contribution >= 4 is 28.3 Å². The number of phenolic OH excluding ortho intramolecular Hbond substituents is 1. The molecule has 1 saturated heterocycles. The maximum Gasteiger partial charge on any atom is 0.415 e. The number of aromatic hydroxyl groups is 1. The fourth-order valence-electron chi connectivity index (χ4n) is 2.19. The first-order chi connectivity index (χ1) is 10.6. The lowest BCUT2D eigenvalue weighted by Crippen LogP contribution is -2.34. The van der Waals surface area contributed by atoms with E-state index in [1.54, 1.807) is 17.0 Å². The molecule has 0 saturated carbocycles. The Kier molecular flexibility index (Phi) is 3.97. The number of carbonyl (C=O) groups is 2. The molecule has 7 heteroatoms. The number of thiophene rings is 1. The average Bonchev–Trinajstić information content (AvgIpc) is 3.14. The molecule has 0 spiro atoms. The van der Waals surface area contributed by atoms with Crippen molar-refractivity contribution < 1.29 is 19.4 Å². The molecule has 2 aromatic rings. The second kappa shape index (κ2) is 6.07. The monoisotopic (exact) mass is 318 g/mol. The number of rotatable bonds is 4. The molecular formula is C15H14N2O4S. The van der Waals surface area contributed by atoms with E-state index in [9.17, 15) is 14.7 Å². The zero-order valence-corrected chi connectivity index (χ0v) is 12.4. The molecule has 114 valence electrons. The average molecular weight is 318 g/mol. The van der Waals surface area contributed by atoms with Gasteiger partial charge in [0.05, 0.1) is 13.1 Å². The summed E-state index contributed by atoms with van der Waals surface area (Å²) in [5, 5.41) is 14.8. The Labute approximate surface area is 130 Å². The van der Waals surface area contributed by atoms with E-state index >= 15 is 0 Å². The number of anilines is 1. The lowest BCUT2D eigenvalue weighted by molar-refractivity contribution is 0.0916. The number of nitrogens with zero attached hydrogens (tertiary/aromatic N) is 1. The van der Waals surface area contributed by atoms with E-state index in [0.717, 1.165) is 5.00 Å².